The highest BCUT2D eigenvalue weighted by molar-refractivity contribution is 9.11. The first kappa shape index (κ1) is 13.8. The average molecular weight is 373 g/mol. The molecule has 1 heterocycles. The monoisotopic (exact) mass is 371 g/mol. The van der Waals surface area contributed by atoms with Gasteiger partial charge in [-0.15, -0.1) is 0 Å². The summed E-state index contributed by atoms with van der Waals surface area (Å²) in [7, 11) is 0. The van der Waals surface area contributed by atoms with E-state index in [4.69, 9.17) is 10.2 Å². The molecule has 0 fully saturated rings. The van der Waals surface area contributed by atoms with Gasteiger partial charge in [0, 0.05) is 27.0 Å². The maximum atomic E-state index is 5.84. The molecule has 1 aromatic carbocycles. The van der Waals surface area contributed by atoms with Crippen LogP contribution >= 0.6 is 31.9 Å². The Bertz CT molecular complexity index is 538. The molecule has 0 aliphatic rings. The van der Waals surface area contributed by atoms with E-state index < -0.39 is 0 Å². The molecular formula is C14H15Br2NO. The normalized spacial score (nSPS) is 12.7. The third kappa shape index (κ3) is 3.05. The molecule has 2 aromatic rings. The summed E-state index contributed by atoms with van der Waals surface area (Å²) in [4.78, 5) is 0. The minimum absolute atomic E-state index is 0.105. The van der Waals surface area contributed by atoms with Crippen LogP contribution in [0.3, 0.4) is 0 Å². The smallest absolute Gasteiger partial charge is 0.136 e. The van der Waals surface area contributed by atoms with Crippen LogP contribution in [0.25, 0.3) is 11.3 Å². The largest absolute Gasteiger partial charge is 0.461 e. The van der Waals surface area contributed by atoms with Crippen molar-refractivity contribution in [2.75, 3.05) is 0 Å². The lowest BCUT2D eigenvalue weighted by molar-refractivity contribution is 0.503. The SMILES string of the molecule is Cc1cc(Br)c(-c2ccc(CC(C)N)o2)c(Br)c1. The third-order valence-electron chi connectivity index (χ3n) is 2.62. The highest BCUT2D eigenvalue weighted by Gasteiger charge is 2.13. The van der Waals surface area contributed by atoms with Gasteiger partial charge in [-0.2, -0.15) is 0 Å². The summed E-state index contributed by atoms with van der Waals surface area (Å²) in [6.07, 6.45) is 0.751. The Morgan fingerprint density at radius 2 is 1.83 bits per heavy atom. The number of hydrogen-bond acceptors (Lipinski definition) is 2. The Balaban J connectivity index is 2.40. The molecule has 18 heavy (non-hydrogen) atoms. The van der Waals surface area contributed by atoms with Gasteiger partial charge in [-0.3, -0.25) is 0 Å². The van der Waals surface area contributed by atoms with Crippen LogP contribution in [-0.4, -0.2) is 6.04 Å². The Hall–Kier alpha value is -0.580. The van der Waals surface area contributed by atoms with Crippen molar-refractivity contribution in [2.24, 2.45) is 5.73 Å². The predicted molar refractivity (Wildman–Crippen MR) is 81.6 cm³/mol. The van der Waals surface area contributed by atoms with Crippen molar-refractivity contribution >= 4 is 31.9 Å². The van der Waals surface area contributed by atoms with E-state index in [1.165, 1.54) is 5.56 Å². The van der Waals surface area contributed by atoms with Crippen molar-refractivity contribution in [2.45, 2.75) is 26.3 Å². The van der Waals surface area contributed by atoms with Crippen molar-refractivity contribution in [1.29, 1.82) is 0 Å². The zero-order valence-electron chi connectivity index (χ0n) is 10.3. The minimum atomic E-state index is 0.105. The van der Waals surface area contributed by atoms with Crippen LogP contribution in [0, 0.1) is 6.92 Å². The number of rotatable bonds is 3. The quantitative estimate of drug-likeness (QED) is 0.850. The van der Waals surface area contributed by atoms with Crippen molar-refractivity contribution in [3.8, 4) is 11.3 Å². The Morgan fingerprint density at radius 1 is 1.22 bits per heavy atom. The van der Waals surface area contributed by atoms with Gasteiger partial charge in [0.15, 0.2) is 0 Å². The summed E-state index contributed by atoms with van der Waals surface area (Å²) in [5.74, 6) is 1.77. The van der Waals surface area contributed by atoms with Crippen molar-refractivity contribution < 1.29 is 4.42 Å². The molecule has 0 saturated carbocycles. The minimum Gasteiger partial charge on any atom is -0.461 e. The summed E-state index contributed by atoms with van der Waals surface area (Å²) >= 11 is 7.16. The van der Waals surface area contributed by atoms with Crippen LogP contribution in [0.4, 0.5) is 0 Å². The van der Waals surface area contributed by atoms with Crippen LogP contribution in [0.2, 0.25) is 0 Å². The molecule has 2 nitrogen and oxygen atoms in total. The van der Waals surface area contributed by atoms with Crippen LogP contribution in [0.1, 0.15) is 18.2 Å². The highest BCUT2D eigenvalue weighted by Crippen LogP contribution is 2.37. The van der Waals surface area contributed by atoms with Crippen LogP contribution in [-0.2, 0) is 6.42 Å². The van der Waals surface area contributed by atoms with Crippen LogP contribution in [0.5, 0.6) is 0 Å². The summed E-state index contributed by atoms with van der Waals surface area (Å²) in [5.41, 5.74) is 8.01. The number of halogens is 2. The summed E-state index contributed by atoms with van der Waals surface area (Å²) in [6, 6.07) is 8.23. The highest BCUT2D eigenvalue weighted by atomic mass is 79.9. The Kier molecular flexibility index (Phi) is 4.30. The van der Waals surface area contributed by atoms with Crippen molar-refractivity contribution in [3.63, 3.8) is 0 Å². The van der Waals surface area contributed by atoms with Crippen LogP contribution in [0.15, 0.2) is 37.6 Å². The number of aryl methyl sites for hydroxylation is 1. The zero-order valence-corrected chi connectivity index (χ0v) is 13.5. The van der Waals surface area contributed by atoms with E-state index in [-0.39, 0.29) is 6.04 Å². The maximum absolute atomic E-state index is 5.84. The van der Waals surface area contributed by atoms with Gasteiger partial charge < -0.3 is 10.2 Å². The molecule has 96 valence electrons. The molecule has 1 aromatic heterocycles. The first-order valence-electron chi connectivity index (χ1n) is 5.77. The molecule has 0 saturated heterocycles. The first-order valence-corrected chi connectivity index (χ1v) is 7.36. The molecule has 0 radical (unpaired) electrons. The topological polar surface area (TPSA) is 39.2 Å². The number of benzene rings is 1. The Labute approximate surface area is 124 Å². The zero-order chi connectivity index (χ0) is 13.3. The van der Waals surface area contributed by atoms with E-state index in [0.717, 1.165) is 32.5 Å². The van der Waals surface area contributed by atoms with Gasteiger partial charge in [-0.25, -0.2) is 0 Å². The second-order valence-corrected chi connectivity index (χ2v) is 6.26. The number of hydrogen-bond donors (Lipinski definition) is 1. The lowest BCUT2D eigenvalue weighted by Crippen LogP contribution is -2.17. The first-order chi connectivity index (χ1) is 8.47. The van der Waals surface area contributed by atoms with E-state index in [2.05, 4.69) is 50.9 Å². The lowest BCUT2D eigenvalue weighted by atomic mass is 10.1. The molecule has 0 aliphatic heterocycles. The molecular weight excluding hydrogens is 358 g/mol. The van der Waals surface area contributed by atoms with E-state index >= 15 is 0 Å². The van der Waals surface area contributed by atoms with Gasteiger partial charge in [0.05, 0.1) is 0 Å². The van der Waals surface area contributed by atoms with E-state index in [1.54, 1.807) is 0 Å². The Morgan fingerprint density at radius 3 is 2.39 bits per heavy atom. The summed E-state index contributed by atoms with van der Waals surface area (Å²) < 4.78 is 7.89. The third-order valence-corrected chi connectivity index (χ3v) is 3.87. The summed E-state index contributed by atoms with van der Waals surface area (Å²) in [5, 5.41) is 0. The molecule has 4 heteroatoms. The van der Waals surface area contributed by atoms with Crippen LogP contribution < -0.4 is 5.73 Å². The van der Waals surface area contributed by atoms with Gasteiger partial charge in [-0.05, 0) is 75.5 Å². The van der Waals surface area contributed by atoms with Crippen molar-refractivity contribution in [3.05, 3.63) is 44.5 Å². The molecule has 0 aliphatic carbocycles. The van der Waals surface area contributed by atoms with Crippen molar-refractivity contribution in [1.82, 2.24) is 0 Å². The van der Waals surface area contributed by atoms with Gasteiger partial charge in [0.2, 0.25) is 0 Å². The van der Waals surface area contributed by atoms with Gasteiger partial charge in [0.25, 0.3) is 0 Å². The predicted octanol–water partition coefficient (Wildman–Crippen LogP) is 4.67. The van der Waals surface area contributed by atoms with E-state index in [0.29, 0.717) is 0 Å². The fourth-order valence-electron chi connectivity index (χ4n) is 1.87. The molecule has 0 amide bonds. The molecule has 0 bridgehead atoms. The van der Waals surface area contributed by atoms with Gasteiger partial charge in [-0.1, -0.05) is 0 Å². The second kappa shape index (κ2) is 5.59. The molecule has 1 unspecified atom stereocenters. The molecule has 2 N–H and O–H groups in total. The molecule has 1 atom stereocenters. The number of furan rings is 1. The average Bonchev–Trinajstić information content (AvgIpc) is 2.63. The fraction of sp³-hybridized carbons (Fsp3) is 0.286. The van der Waals surface area contributed by atoms with Gasteiger partial charge >= 0.3 is 0 Å². The molecule has 0 spiro atoms. The van der Waals surface area contributed by atoms with E-state index in [1.807, 2.05) is 19.1 Å². The van der Waals surface area contributed by atoms with Gasteiger partial charge in [0.1, 0.15) is 11.5 Å². The number of nitrogens with two attached hydrogens (primary N) is 1. The standard InChI is InChI=1S/C14H15Br2NO/c1-8-5-11(15)14(12(16)6-8)13-4-3-10(18-13)7-9(2)17/h3-6,9H,7,17H2,1-2H3. The maximum Gasteiger partial charge on any atom is 0.136 e. The summed E-state index contributed by atoms with van der Waals surface area (Å²) in [6.45, 7) is 4.03. The fourth-order valence-corrected chi connectivity index (χ4v) is 3.68. The second-order valence-electron chi connectivity index (χ2n) is 4.55. The van der Waals surface area contributed by atoms with E-state index in [9.17, 15) is 0 Å². The molecule has 2 rings (SSSR count). The lowest BCUT2D eigenvalue weighted by Gasteiger charge is -2.06.